The number of hydrogen-bond acceptors (Lipinski definition) is 3. The van der Waals surface area contributed by atoms with Crippen molar-refractivity contribution in [3.05, 3.63) is 24.3 Å². The van der Waals surface area contributed by atoms with Crippen LogP contribution in [0.5, 0.6) is 0 Å². The number of rotatable bonds is 17. The van der Waals surface area contributed by atoms with Crippen LogP contribution in [0.15, 0.2) is 24.3 Å². The van der Waals surface area contributed by atoms with E-state index in [-0.39, 0.29) is 5.91 Å². The smallest absolute Gasteiger partial charge is 0.328 e. The Balaban J connectivity index is 3.52. The molecule has 0 aromatic rings. The fourth-order valence-corrected chi connectivity index (χ4v) is 2.73. The van der Waals surface area contributed by atoms with E-state index in [0.29, 0.717) is 6.42 Å². The maximum atomic E-state index is 11.7. The van der Waals surface area contributed by atoms with E-state index in [1.165, 1.54) is 32.6 Å². The summed E-state index contributed by atoms with van der Waals surface area (Å²) in [5, 5.41) is 20.6. The van der Waals surface area contributed by atoms with Gasteiger partial charge in [0.05, 0.1) is 6.10 Å². The first-order chi connectivity index (χ1) is 13.0. The third-order valence-corrected chi connectivity index (χ3v) is 4.42. The van der Waals surface area contributed by atoms with E-state index >= 15 is 0 Å². The largest absolute Gasteiger partial charge is 0.480 e. The number of aliphatic hydroxyl groups is 1. The summed E-state index contributed by atoms with van der Waals surface area (Å²) < 4.78 is 0. The molecule has 0 bridgehead atoms. The van der Waals surface area contributed by atoms with Crippen molar-refractivity contribution in [2.75, 3.05) is 0 Å². The number of allylic oxidation sites excluding steroid dienone is 4. The lowest BCUT2D eigenvalue weighted by atomic mass is 10.1. The van der Waals surface area contributed by atoms with Crippen LogP contribution in [0.1, 0.15) is 90.9 Å². The molecule has 0 aromatic carbocycles. The predicted molar refractivity (Wildman–Crippen MR) is 111 cm³/mol. The molecule has 27 heavy (non-hydrogen) atoms. The Kier molecular flexibility index (Phi) is 16.7. The topological polar surface area (TPSA) is 86.6 Å². The second-order valence-corrected chi connectivity index (χ2v) is 7.10. The van der Waals surface area contributed by atoms with Gasteiger partial charge in [-0.3, -0.25) is 4.79 Å². The Bertz CT molecular complexity index is 444. The maximum Gasteiger partial charge on any atom is 0.328 e. The Hall–Kier alpha value is -1.62. The summed E-state index contributed by atoms with van der Waals surface area (Å²) in [7, 11) is 0. The summed E-state index contributed by atoms with van der Waals surface area (Å²) in [5.41, 5.74) is 0. The summed E-state index contributed by atoms with van der Waals surface area (Å²) in [6.07, 6.45) is 20.5. The van der Waals surface area contributed by atoms with Crippen molar-refractivity contribution in [3.63, 3.8) is 0 Å². The van der Waals surface area contributed by atoms with Gasteiger partial charge in [-0.05, 0) is 45.4 Å². The van der Waals surface area contributed by atoms with Crippen molar-refractivity contribution in [1.82, 2.24) is 5.32 Å². The summed E-state index contributed by atoms with van der Waals surface area (Å²) >= 11 is 0. The van der Waals surface area contributed by atoms with Gasteiger partial charge in [-0.15, -0.1) is 0 Å². The molecule has 5 nitrogen and oxygen atoms in total. The number of aliphatic carboxylic acids is 1. The third kappa shape index (κ3) is 16.3. The van der Waals surface area contributed by atoms with E-state index in [4.69, 9.17) is 5.11 Å². The number of carbonyl (C=O) groups is 2. The van der Waals surface area contributed by atoms with Crippen LogP contribution in [0.2, 0.25) is 0 Å². The number of unbranched alkanes of at least 4 members (excludes halogenated alkanes) is 8. The normalized spacial score (nSPS) is 13.9. The van der Waals surface area contributed by atoms with E-state index in [0.717, 1.165) is 44.9 Å². The molecule has 0 saturated carbocycles. The Morgan fingerprint density at radius 3 is 2.00 bits per heavy atom. The van der Waals surface area contributed by atoms with Gasteiger partial charge in [0.1, 0.15) is 0 Å². The van der Waals surface area contributed by atoms with Gasteiger partial charge in [0.2, 0.25) is 5.91 Å². The quantitative estimate of drug-likeness (QED) is 0.251. The van der Waals surface area contributed by atoms with E-state index < -0.39 is 18.1 Å². The van der Waals surface area contributed by atoms with Crippen LogP contribution in [-0.2, 0) is 9.59 Å². The summed E-state index contributed by atoms with van der Waals surface area (Å²) in [5.74, 6) is -1.52. The minimum atomic E-state index is -1.23. The molecule has 5 heteroatoms. The molecule has 0 rings (SSSR count). The molecule has 3 N–H and O–H groups in total. The van der Waals surface area contributed by atoms with Crippen LogP contribution in [-0.4, -0.2) is 34.2 Å². The molecule has 2 atom stereocenters. The van der Waals surface area contributed by atoms with Crippen LogP contribution >= 0.6 is 0 Å². The first-order valence-corrected chi connectivity index (χ1v) is 10.5. The number of carbonyl (C=O) groups excluding carboxylic acids is 1. The van der Waals surface area contributed by atoms with Crippen molar-refractivity contribution in [3.8, 4) is 0 Å². The highest BCUT2D eigenvalue weighted by Gasteiger charge is 2.24. The van der Waals surface area contributed by atoms with Crippen LogP contribution in [0.25, 0.3) is 0 Å². The molecule has 0 spiro atoms. The molecule has 0 aliphatic carbocycles. The zero-order valence-electron chi connectivity index (χ0n) is 17.2. The fraction of sp³-hybridized carbons (Fsp3) is 0.727. The molecule has 156 valence electrons. The zero-order chi connectivity index (χ0) is 20.3. The lowest BCUT2D eigenvalue weighted by molar-refractivity contribution is -0.144. The van der Waals surface area contributed by atoms with Gasteiger partial charge in [0, 0.05) is 6.42 Å². The SMILES string of the molecule is CCCCC/C=C\C/C=C\CCCCCCCC(=O)N[C@H](C(=O)O)[C@@H](C)O. The number of aliphatic hydroxyl groups excluding tert-OH is 1. The van der Waals surface area contributed by atoms with Gasteiger partial charge < -0.3 is 15.5 Å². The van der Waals surface area contributed by atoms with Crippen LogP contribution < -0.4 is 5.32 Å². The molecule has 0 heterocycles. The fourth-order valence-electron chi connectivity index (χ4n) is 2.73. The highest BCUT2D eigenvalue weighted by atomic mass is 16.4. The zero-order valence-corrected chi connectivity index (χ0v) is 17.2. The minimum Gasteiger partial charge on any atom is -0.480 e. The molecule has 0 aliphatic rings. The average molecular weight is 382 g/mol. The van der Waals surface area contributed by atoms with Gasteiger partial charge in [0.25, 0.3) is 0 Å². The first-order valence-electron chi connectivity index (χ1n) is 10.5. The highest BCUT2D eigenvalue weighted by Crippen LogP contribution is 2.08. The molecule has 0 fully saturated rings. The second-order valence-electron chi connectivity index (χ2n) is 7.10. The molecule has 0 radical (unpaired) electrons. The van der Waals surface area contributed by atoms with Crippen molar-refractivity contribution in [1.29, 1.82) is 0 Å². The number of hydrogen-bond donors (Lipinski definition) is 3. The average Bonchev–Trinajstić information content (AvgIpc) is 2.62. The van der Waals surface area contributed by atoms with Gasteiger partial charge >= 0.3 is 5.97 Å². The number of carboxylic acid groups (broad SMARTS) is 1. The van der Waals surface area contributed by atoms with Crippen molar-refractivity contribution in [2.45, 2.75) is 103 Å². The lowest BCUT2D eigenvalue weighted by Gasteiger charge is -2.16. The molecular formula is C22H39NO4. The van der Waals surface area contributed by atoms with E-state index in [1.54, 1.807) is 0 Å². The molecule has 0 aromatic heterocycles. The van der Waals surface area contributed by atoms with Crippen LogP contribution in [0.4, 0.5) is 0 Å². The first kappa shape index (κ1) is 25.4. The second kappa shape index (κ2) is 17.8. The summed E-state index contributed by atoms with van der Waals surface area (Å²) in [6, 6.07) is -1.23. The summed E-state index contributed by atoms with van der Waals surface area (Å²) in [4.78, 5) is 22.6. The number of nitrogens with one attached hydrogen (secondary N) is 1. The van der Waals surface area contributed by atoms with Crippen molar-refractivity contribution >= 4 is 11.9 Å². The summed E-state index contributed by atoms with van der Waals surface area (Å²) in [6.45, 7) is 3.58. The van der Waals surface area contributed by atoms with Gasteiger partial charge in [-0.2, -0.15) is 0 Å². The number of amides is 1. The van der Waals surface area contributed by atoms with Gasteiger partial charge in [0.15, 0.2) is 6.04 Å². The Morgan fingerprint density at radius 1 is 0.889 bits per heavy atom. The lowest BCUT2D eigenvalue weighted by Crippen LogP contribution is -2.47. The van der Waals surface area contributed by atoms with E-state index in [9.17, 15) is 14.7 Å². The molecule has 0 saturated heterocycles. The van der Waals surface area contributed by atoms with E-state index in [2.05, 4.69) is 36.5 Å². The third-order valence-electron chi connectivity index (χ3n) is 4.42. The predicted octanol–water partition coefficient (Wildman–Crippen LogP) is 4.75. The minimum absolute atomic E-state index is 0.307. The standard InChI is InChI=1S/C22H39NO4/c1-3-4-5-6-7-8-9-10-11-12-13-14-15-16-17-18-20(25)23-21(19(2)24)22(26)27/h7-8,10-11,19,21,24H,3-6,9,12-18H2,1-2H3,(H,23,25)(H,26,27)/b8-7-,11-10-/t19-,21+/m1/s1. The van der Waals surface area contributed by atoms with E-state index in [1.807, 2.05) is 0 Å². The Morgan fingerprint density at radius 2 is 1.44 bits per heavy atom. The van der Waals surface area contributed by atoms with Gasteiger partial charge in [-0.1, -0.05) is 63.3 Å². The monoisotopic (exact) mass is 381 g/mol. The highest BCUT2D eigenvalue weighted by molar-refractivity contribution is 5.83. The van der Waals surface area contributed by atoms with Crippen LogP contribution in [0, 0.1) is 0 Å². The van der Waals surface area contributed by atoms with Crippen molar-refractivity contribution < 1.29 is 19.8 Å². The molecule has 0 aliphatic heterocycles. The van der Waals surface area contributed by atoms with Crippen molar-refractivity contribution in [2.24, 2.45) is 0 Å². The molecule has 1 amide bonds. The maximum absolute atomic E-state index is 11.7. The van der Waals surface area contributed by atoms with Gasteiger partial charge in [-0.25, -0.2) is 4.79 Å². The van der Waals surface area contributed by atoms with Crippen LogP contribution in [0.3, 0.4) is 0 Å². The number of carboxylic acids is 1. The molecule has 0 unspecified atom stereocenters. The molecular weight excluding hydrogens is 342 g/mol. The Labute approximate surface area is 164 Å².